The predicted molar refractivity (Wildman–Crippen MR) is 64.3 cm³/mol. The third kappa shape index (κ3) is 3.61. The van der Waals surface area contributed by atoms with Gasteiger partial charge in [-0.2, -0.15) is 0 Å². The summed E-state index contributed by atoms with van der Waals surface area (Å²) in [6.45, 7) is 2.46. The molecule has 1 aliphatic heterocycles. The van der Waals surface area contributed by atoms with Gasteiger partial charge in [0.1, 0.15) is 6.61 Å². The van der Waals surface area contributed by atoms with E-state index in [1.807, 2.05) is 17.5 Å². The summed E-state index contributed by atoms with van der Waals surface area (Å²) in [5.41, 5.74) is 0. The molecule has 1 aliphatic rings. The van der Waals surface area contributed by atoms with Gasteiger partial charge in [-0.15, -0.1) is 11.3 Å². The van der Waals surface area contributed by atoms with E-state index in [0.717, 1.165) is 24.4 Å². The quantitative estimate of drug-likeness (QED) is 0.818. The number of esters is 1. The van der Waals surface area contributed by atoms with Gasteiger partial charge in [-0.25, -0.2) is 0 Å². The average molecular weight is 239 g/mol. The van der Waals surface area contributed by atoms with Crippen LogP contribution in [-0.4, -0.2) is 19.1 Å². The van der Waals surface area contributed by atoms with Crippen LogP contribution in [0.2, 0.25) is 0 Å². The third-order valence-electron chi connectivity index (χ3n) is 2.81. The van der Waals surface area contributed by atoms with E-state index in [4.69, 9.17) is 4.74 Å². The number of ether oxygens (including phenoxy) is 1. The van der Waals surface area contributed by atoms with Crippen molar-refractivity contribution in [2.75, 3.05) is 13.1 Å². The van der Waals surface area contributed by atoms with E-state index in [0.29, 0.717) is 18.9 Å². The molecule has 0 amide bonds. The molecular weight excluding hydrogens is 222 g/mol. The van der Waals surface area contributed by atoms with E-state index in [2.05, 4.69) is 5.32 Å². The third-order valence-corrected chi connectivity index (χ3v) is 3.66. The minimum absolute atomic E-state index is 0.0675. The van der Waals surface area contributed by atoms with Gasteiger partial charge in [0, 0.05) is 11.3 Å². The van der Waals surface area contributed by atoms with Gasteiger partial charge in [0.05, 0.1) is 0 Å². The van der Waals surface area contributed by atoms with Crippen LogP contribution in [0.5, 0.6) is 0 Å². The topological polar surface area (TPSA) is 38.3 Å². The highest BCUT2D eigenvalue weighted by Gasteiger charge is 2.17. The molecule has 0 aromatic carbocycles. The number of carbonyl (C=O) groups is 1. The lowest BCUT2D eigenvalue weighted by Crippen LogP contribution is -2.31. The second kappa shape index (κ2) is 6.01. The van der Waals surface area contributed by atoms with Crippen LogP contribution in [0.15, 0.2) is 17.5 Å². The Bertz CT molecular complexity index is 318. The monoisotopic (exact) mass is 239 g/mol. The van der Waals surface area contributed by atoms with Gasteiger partial charge in [-0.05, 0) is 43.3 Å². The molecule has 1 aromatic heterocycles. The molecule has 1 fully saturated rings. The molecule has 2 rings (SSSR count). The maximum Gasteiger partial charge on any atom is 0.306 e. The van der Waals surface area contributed by atoms with Gasteiger partial charge in [0.15, 0.2) is 0 Å². The van der Waals surface area contributed by atoms with Gasteiger partial charge >= 0.3 is 5.97 Å². The van der Waals surface area contributed by atoms with Crippen molar-refractivity contribution >= 4 is 17.3 Å². The molecule has 16 heavy (non-hydrogen) atoms. The van der Waals surface area contributed by atoms with E-state index in [-0.39, 0.29) is 5.97 Å². The first-order chi connectivity index (χ1) is 7.84. The van der Waals surface area contributed by atoms with Crippen molar-refractivity contribution in [1.29, 1.82) is 0 Å². The summed E-state index contributed by atoms with van der Waals surface area (Å²) in [7, 11) is 0. The SMILES string of the molecule is O=C(CC1CCCNC1)OCc1cccs1. The number of nitrogens with one attached hydrogen (secondary N) is 1. The summed E-state index contributed by atoms with van der Waals surface area (Å²) < 4.78 is 5.23. The van der Waals surface area contributed by atoms with E-state index < -0.39 is 0 Å². The highest BCUT2D eigenvalue weighted by molar-refractivity contribution is 7.09. The summed E-state index contributed by atoms with van der Waals surface area (Å²) in [4.78, 5) is 12.7. The Morgan fingerprint density at radius 1 is 1.62 bits per heavy atom. The van der Waals surface area contributed by atoms with Crippen LogP contribution >= 0.6 is 11.3 Å². The molecule has 4 heteroatoms. The summed E-state index contributed by atoms with van der Waals surface area (Å²) in [5, 5.41) is 5.30. The Balaban J connectivity index is 1.67. The first-order valence-electron chi connectivity index (χ1n) is 5.73. The van der Waals surface area contributed by atoms with E-state index in [9.17, 15) is 4.79 Å². The molecule has 1 aromatic rings. The Morgan fingerprint density at radius 2 is 2.56 bits per heavy atom. The summed E-state index contributed by atoms with van der Waals surface area (Å²) in [6, 6.07) is 3.96. The molecule has 0 radical (unpaired) electrons. The van der Waals surface area contributed by atoms with Crippen molar-refractivity contribution in [2.24, 2.45) is 5.92 Å². The standard InChI is InChI=1S/C12H17NO2S/c14-12(7-10-3-1-5-13-8-10)15-9-11-4-2-6-16-11/h2,4,6,10,13H,1,3,5,7-9H2. The lowest BCUT2D eigenvalue weighted by Gasteiger charge is -2.21. The zero-order valence-electron chi connectivity index (χ0n) is 9.28. The zero-order valence-corrected chi connectivity index (χ0v) is 10.1. The van der Waals surface area contributed by atoms with E-state index in [1.54, 1.807) is 11.3 Å². The fourth-order valence-electron chi connectivity index (χ4n) is 1.94. The summed E-state index contributed by atoms with van der Waals surface area (Å²) >= 11 is 1.62. The minimum atomic E-state index is -0.0675. The van der Waals surface area contributed by atoms with E-state index >= 15 is 0 Å². The molecule has 88 valence electrons. The summed E-state index contributed by atoms with van der Waals surface area (Å²) in [6.07, 6.45) is 2.86. The minimum Gasteiger partial charge on any atom is -0.460 e. The molecule has 1 atom stereocenters. The van der Waals surface area contributed by atoms with Crippen LogP contribution < -0.4 is 5.32 Å². The van der Waals surface area contributed by atoms with Gasteiger partial charge in [0.25, 0.3) is 0 Å². The molecule has 1 unspecified atom stereocenters. The van der Waals surface area contributed by atoms with Crippen LogP contribution in [0.3, 0.4) is 0 Å². The number of piperidine rings is 1. The van der Waals surface area contributed by atoms with Crippen molar-refractivity contribution in [3.05, 3.63) is 22.4 Å². The van der Waals surface area contributed by atoms with Gasteiger partial charge in [-0.3, -0.25) is 4.79 Å². The van der Waals surface area contributed by atoms with Gasteiger partial charge in [-0.1, -0.05) is 6.07 Å². The van der Waals surface area contributed by atoms with Crippen molar-refractivity contribution in [3.63, 3.8) is 0 Å². The first-order valence-corrected chi connectivity index (χ1v) is 6.61. The van der Waals surface area contributed by atoms with Crippen LogP contribution in [0.1, 0.15) is 24.1 Å². The number of hydrogen-bond acceptors (Lipinski definition) is 4. The highest BCUT2D eigenvalue weighted by atomic mass is 32.1. The molecular formula is C12H17NO2S. The largest absolute Gasteiger partial charge is 0.460 e. The molecule has 0 saturated carbocycles. The Labute approximate surface area is 99.8 Å². The highest BCUT2D eigenvalue weighted by Crippen LogP contribution is 2.16. The van der Waals surface area contributed by atoms with Crippen molar-refractivity contribution in [3.8, 4) is 0 Å². The summed E-state index contributed by atoms with van der Waals surface area (Å²) in [5.74, 6) is 0.395. The molecule has 0 spiro atoms. The fraction of sp³-hybridized carbons (Fsp3) is 0.583. The van der Waals surface area contributed by atoms with Crippen LogP contribution in [0, 0.1) is 5.92 Å². The Morgan fingerprint density at radius 3 is 3.25 bits per heavy atom. The Hall–Kier alpha value is -0.870. The number of hydrogen-bond donors (Lipinski definition) is 1. The van der Waals surface area contributed by atoms with Gasteiger partial charge in [0.2, 0.25) is 0 Å². The second-order valence-corrected chi connectivity index (χ2v) is 5.19. The normalized spacial score (nSPS) is 20.6. The zero-order chi connectivity index (χ0) is 11.2. The van der Waals surface area contributed by atoms with Crippen LogP contribution in [-0.2, 0) is 16.1 Å². The first kappa shape index (κ1) is 11.6. The molecule has 0 bridgehead atoms. The maximum absolute atomic E-state index is 11.6. The smallest absolute Gasteiger partial charge is 0.306 e. The molecule has 0 aliphatic carbocycles. The molecule has 1 N–H and O–H groups in total. The lowest BCUT2D eigenvalue weighted by atomic mass is 9.96. The van der Waals surface area contributed by atoms with Crippen LogP contribution in [0.4, 0.5) is 0 Å². The molecule has 2 heterocycles. The van der Waals surface area contributed by atoms with Crippen LogP contribution in [0.25, 0.3) is 0 Å². The van der Waals surface area contributed by atoms with Gasteiger partial charge < -0.3 is 10.1 Å². The number of carbonyl (C=O) groups excluding carboxylic acids is 1. The van der Waals surface area contributed by atoms with Crippen molar-refractivity contribution < 1.29 is 9.53 Å². The van der Waals surface area contributed by atoms with E-state index in [1.165, 1.54) is 6.42 Å². The molecule has 1 saturated heterocycles. The van der Waals surface area contributed by atoms with Crippen molar-refractivity contribution in [1.82, 2.24) is 5.32 Å². The predicted octanol–water partition coefficient (Wildman–Crippen LogP) is 2.18. The Kier molecular flexibility index (Phi) is 4.36. The average Bonchev–Trinajstić information content (AvgIpc) is 2.81. The lowest BCUT2D eigenvalue weighted by molar-refractivity contribution is -0.146. The maximum atomic E-state index is 11.6. The fourth-order valence-corrected chi connectivity index (χ4v) is 2.56. The number of thiophene rings is 1. The van der Waals surface area contributed by atoms with Crippen molar-refractivity contribution in [2.45, 2.75) is 25.9 Å². The number of rotatable bonds is 4. The second-order valence-electron chi connectivity index (χ2n) is 4.16. The molecule has 3 nitrogen and oxygen atoms in total.